The number of rotatable bonds is 2. The van der Waals surface area contributed by atoms with E-state index in [0.717, 1.165) is 34.4 Å². The van der Waals surface area contributed by atoms with Crippen LogP contribution in [-0.4, -0.2) is 14.2 Å². The molecule has 3 nitrogen and oxygen atoms in total. The lowest BCUT2D eigenvalue weighted by molar-refractivity contribution is 0.385. The molecule has 4 heteroatoms. The summed E-state index contributed by atoms with van der Waals surface area (Å²) in [5.41, 5.74) is 8.39. The second-order valence-electron chi connectivity index (χ2n) is 3.64. The van der Waals surface area contributed by atoms with Crippen LogP contribution in [-0.2, 0) is 6.42 Å². The van der Waals surface area contributed by atoms with Crippen LogP contribution in [0.5, 0.6) is 11.5 Å². The summed E-state index contributed by atoms with van der Waals surface area (Å²) in [5.74, 6) is 1.62. The van der Waals surface area contributed by atoms with Crippen molar-refractivity contribution in [3.8, 4) is 11.5 Å². The first-order valence-electron chi connectivity index (χ1n) is 4.87. The van der Waals surface area contributed by atoms with Crippen molar-refractivity contribution >= 4 is 15.9 Å². The standard InChI is InChI=1S/C11H14BrNO2/c1-14-8-5-6-3-4-7(13)9(6)11(15-2)10(8)12/h5,7H,3-4,13H2,1-2H3/t7-/m1/s1. The van der Waals surface area contributed by atoms with Gasteiger partial charge >= 0.3 is 0 Å². The Balaban J connectivity index is 2.64. The number of ether oxygens (including phenoxy) is 2. The first kappa shape index (κ1) is 10.8. The minimum Gasteiger partial charge on any atom is -0.495 e. The number of benzene rings is 1. The Hall–Kier alpha value is -0.740. The summed E-state index contributed by atoms with van der Waals surface area (Å²) in [5, 5.41) is 0. The third kappa shape index (κ3) is 1.62. The molecule has 0 saturated heterocycles. The number of aryl methyl sites for hydroxylation is 1. The van der Waals surface area contributed by atoms with Crippen LogP contribution in [0, 0.1) is 0 Å². The number of fused-ring (bicyclic) bond motifs is 1. The molecule has 1 aliphatic rings. The average Bonchev–Trinajstić information content (AvgIpc) is 2.60. The van der Waals surface area contributed by atoms with E-state index >= 15 is 0 Å². The summed E-state index contributed by atoms with van der Waals surface area (Å²) < 4.78 is 11.5. The Morgan fingerprint density at radius 2 is 2.13 bits per heavy atom. The van der Waals surface area contributed by atoms with Gasteiger partial charge < -0.3 is 15.2 Å². The molecule has 0 amide bonds. The normalized spacial score (nSPS) is 18.8. The number of methoxy groups -OCH3 is 2. The van der Waals surface area contributed by atoms with Crippen LogP contribution in [0.25, 0.3) is 0 Å². The Bertz CT molecular complexity index is 393. The smallest absolute Gasteiger partial charge is 0.141 e. The monoisotopic (exact) mass is 271 g/mol. The molecular weight excluding hydrogens is 258 g/mol. The maximum Gasteiger partial charge on any atom is 0.141 e. The van der Waals surface area contributed by atoms with E-state index in [1.807, 2.05) is 6.07 Å². The molecule has 15 heavy (non-hydrogen) atoms. The fourth-order valence-electron chi connectivity index (χ4n) is 2.09. The van der Waals surface area contributed by atoms with E-state index in [1.165, 1.54) is 5.56 Å². The molecule has 0 saturated carbocycles. The Morgan fingerprint density at radius 3 is 2.73 bits per heavy atom. The summed E-state index contributed by atoms with van der Waals surface area (Å²) in [7, 11) is 3.31. The van der Waals surface area contributed by atoms with E-state index in [4.69, 9.17) is 15.2 Å². The highest BCUT2D eigenvalue weighted by Gasteiger charge is 2.27. The summed E-state index contributed by atoms with van der Waals surface area (Å²) in [4.78, 5) is 0. The zero-order chi connectivity index (χ0) is 11.0. The van der Waals surface area contributed by atoms with Gasteiger partial charge in [0.05, 0.1) is 14.2 Å². The molecule has 0 aliphatic heterocycles. The van der Waals surface area contributed by atoms with Gasteiger partial charge in [-0.05, 0) is 40.4 Å². The van der Waals surface area contributed by atoms with E-state index in [-0.39, 0.29) is 6.04 Å². The van der Waals surface area contributed by atoms with Crippen molar-refractivity contribution in [2.24, 2.45) is 5.73 Å². The lowest BCUT2D eigenvalue weighted by atomic mass is 10.1. The number of nitrogens with two attached hydrogens (primary N) is 1. The average molecular weight is 272 g/mol. The van der Waals surface area contributed by atoms with Crippen molar-refractivity contribution in [1.29, 1.82) is 0 Å². The quantitative estimate of drug-likeness (QED) is 0.899. The van der Waals surface area contributed by atoms with Crippen LogP contribution < -0.4 is 15.2 Å². The Kier molecular flexibility index (Phi) is 2.89. The number of hydrogen-bond donors (Lipinski definition) is 1. The number of hydrogen-bond acceptors (Lipinski definition) is 3. The third-order valence-corrected chi connectivity index (χ3v) is 3.58. The van der Waals surface area contributed by atoms with E-state index in [9.17, 15) is 0 Å². The minimum atomic E-state index is 0.0807. The van der Waals surface area contributed by atoms with Crippen LogP contribution in [0.15, 0.2) is 10.5 Å². The van der Waals surface area contributed by atoms with E-state index in [1.54, 1.807) is 14.2 Å². The molecule has 0 aromatic heterocycles. The predicted molar refractivity (Wildman–Crippen MR) is 62.5 cm³/mol. The molecule has 0 spiro atoms. The van der Waals surface area contributed by atoms with Crippen molar-refractivity contribution in [2.45, 2.75) is 18.9 Å². The fraction of sp³-hybridized carbons (Fsp3) is 0.455. The van der Waals surface area contributed by atoms with Gasteiger partial charge in [0.1, 0.15) is 16.0 Å². The van der Waals surface area contributed by atoms with Crippen LogP contribution in [0.4, 0.5) is 0 Å². The lowest BCUT2D eigenvalue weighted by Crippen LogP contribution is -2.07. The second kappa shape index (κ2) is 4.02. The van der Waals surface area contributed by atoms with Gasteiger partial charge in [0.15, 0.2) is 0 Å². The van der Waals surface area contributed by atoms with E-state index in [0.29, 0.717) is 0 Å². The molecule has 0 bridgehead atoms. The van der Waals surface area contributed by atoms with Gasteiger partial charge in [0, 0.05) is 11.6 Å². The molecule has 0 heterocycles. The zero-order valence-corrected chi connectivity index (χ0v) is 10.4. The molecule has 1 atom stereocenters. The highest BCUT2D eigenvalue weighted by molar-refractivity contribution is 9.10. The molecule has 2 N–H and O–H groups in total. The van der Waals surface area contributed by atoms with Gasteiger partial charge in [-0.3, -0.25) is 0 Å². The molecule has 2 rings (SSSR count). The maximum absolute atomic E-state index is 6.04. The van der Waals surface area contributed by atoms with Gasteiger partial charge in [-0.25, -0.2) is 0 Å². The summed E-state index contributed by atoms with van der Waals surface area (Å²) in [6.07, 6.45) is 1.97. The Labute approximate surface area is 97.7 Å². The second-order valence-corrected chi connectivity index (χ2v) is 4.44. The first-order chi connectivity index (χ1) is 7.19. The van der Waals surface area contributed by atoms with Crippen LogP contribution in [0.1, 0.15) is 23.6 Å². The van der Waals surface area contributed by atoms with Gasteiger partial charge in [-0.1, -0.05) is 0 Å². The van der Waals surface area contributed by atoms with E-state index < -0.39 is 0 Å². The molecule has 0 unspecified atom stereocenters. The number of halogens is 1. The van der Waals surface area contributed by atoms with Crippen LogP contribution in [0.2, 0.25) is 0 Å². The molecule has 1 aromatic carbocycles. The van der Waals surface area contributed by atoms with E-state index in [2.05, 4.69) is 15.9 Å². The molecule has 1 aromatic rings. The SMILES string of the molecule is COc1cc2c(c(OC)c1Br)[C@H](N)CC2. The third-order valence-electron chi connectivity index (χ3n) is 2.83. The highest BCUT2D eigenvalue weighted by atomic mass is 79.9. The summed E-state index contributed by atoms with van der Waals surface area (Å²) in [6.45, 7) is 0. The van der Waals surface area contributed by atoms with Crippen molar-refractivity contribution in [2.75, 3.05) is 14.2 Å². The van der Waals surface area contributed by atoms with Gasteiger partial charge in [0.2, 0.25) is 0 Å². The molecule has 1 aliphatic carbocycles. The first-order valence-corrected chi connectivity index (χ1v) is 5.67. The lowest BCUT2D eigenvalue weighted by Gasteiger charge is -2.15. The van der Waals surface area contributed by atoms with Gasteiger partial charge in [-0.15, -0.1) is 0 Å². The largest absolute Gasteiger partial charge is 0.495 e. The summed E-state index contributed by atoms with van der Waals surface area (Å²) >= 11 is 3.48. The highest BCUT2D eigenvalue weighted by Crippen LogP contribution is 2.45. The van der Waals surface area contributed by atoms with Crippen molar-refractivity contribution < 1.29 is 9.47 Å². The topological polar surface area (TPSA) is 44.5 Å². The van der Waals surface area contributed by atoms with Crippen LogP contribution in [0.3, 0.4) is 0 Å². The predicted octanol–water partition coefficient (Wildman–Crippen LogP) is 2.41. The Morgan fingerprint density at radius 1 is 1.40 bits per heavy atom. The molecular formula is C11H14BrNO2. The van der Waals surface area contributed by atoms with Crippen molar-refractivity contribution in [3.63, 3.8) is 0 Å². The van der Waals surface area contributed by atoms with Crippen molar-refractivity contribution in [1.82, 2.24) is 0 Å². The van der Waals surface area contributed by atoms with Crippen molar-refractivity contribution in [3.05, 3.63) is 21.7 Å². The van der Waals surface area contributed by atoms with Gasteiger partial charge in [-0.2, -0.15) is 0 Å². The fourth-order valence-corrected chi connectivity index (χ4v) is 2.74. The maximum atomic E-state index is 6.04. The molecule has 0 fully saturated rings. The van der Waals surface area contributed by atoms with Gasteiger partial charge in [0.25, 0.3) is 0 Å². The molecule has 82 valence electrons. The molecule has 0 radical (unpaired) electrons. The summed E-state index contributed by atoms with van der Waals surface area (Å²) in [6, 6.07) is 2.12. The van der Waals surface area contributed by atoms with Crippen LogP contribution >= 0.6 is 15.9 Å². The minimum absolute atomic E-state index is 0.0807. The zero-order valence-electron chi connectivity index (χ0n) is 8.84.